The monoisotopic (exact) mass is 268 g/mol. The summed E-state index contributed by atoms with van der Waals surface area (Å²) in [6, 6.07) is 22.0. The van der Waals surface area contributed by atoms with Crippen LogP contribution in [-0.2, 0) is 0 Å². The third-order valence-corrected chi connectivity index (χ3v) is 3.95. The van der Waals surface area contributed by atoms with Crippen molar-refractivity contribution in [2.24, 2.45) is 5.73 Å². The number of hydrogen-bond acceptors (Lipinski definition) is 2. The van der Waals surface area contributed by atoms with E-state index in [9.17, 15) is 0 Å². The van der Waals surface area contributed by atoms with Gasteiger partial charge >= 0.3 is 0 Å². The molecule has 0 fully saturated rings. The lowest BCUT2D eigenvalue weighted by atomic mass is 10.0. The van der Waals surface area contributed by atoms with Gasteiger partial charge in [-0.3, -0.25) is 4.90 Å². The van der Waals surface area contributed by atoms with E-state index in [1.807, 2.05) is 0 Å². The largest absolute Gasteiger partial charge is 0.329 e. The summed E-state index contributed by atoms with van der Waals surface area (Å²) in [5.41, 5.74) is 8.49. The van der Waals surface area contributed by atoms with Crippen LogP contribution in [0, 0.1) is 0 Å². The van der Waals surface area contributed by atoms with Crippen molar-refractivity contribution in [2.45, 2.75) is 25.9 Å². The molecular formula is C18H24N2. The molecule has 2 atom stereocenters. The van der Waals surface area contributed by atoms with E-state index in [0.717, 1.165) is 6.54 Å². The van der Waals surface area contributed by atoms with Gasteiger partial charge in [-0.05, 0) is 25.0 Å². The lowest BCUT2D eigenvalue weighted by Gasteiger charge is -2.35. The van der Waals surface area contributed by atoms with E-state index < -0.39 is 0 Å². The Morgan fingerprint density at radius 2 is 1.20 bits per heavy atom. The van der Waals surface area contributed by atoms with Crippen molar-refractivity contribution in [1.82, 2.24) is 4.90 Å². The van der Waals surface area contributed by atoms with Crippen molar-refractivity contribution in [3.8, 4) is 0 Å². The summed E-state index contributed by atoms with van der Waals surface area (Å²) in [6.45, 7) is 6.08. The van der Waals surface area contributed by atoms with Crippen LogP contribution in [0.5, 0.6) is 0 Å². The molecule has 2 heteroatoms. The van der Waals surface area contributed by atoms with Crippen LogP contribution in [0.2, 0.25) is 0 Å². The molecule has 106 valence electrons. The van der Waals surface area contributed by atoms with Crippen molar-refractivity contribution in [3.05, 3.63) is 71.8 Å². The highest BCUT2D eigenvalue weighted by molar-refractivity contribution is 5.22. The standard InChI is InChI=1S/C18H24N2/c1-15(17-9-5-3-6-10-17)20(14-13-19)16(2)18-11-7-4-8-12-18/h3-12,15-16H,13-14,19H2,1-2H3. The molecule has 2 aromatic rings. The maximum atomic E-state index is 5.82. The van der Waals surface area contributed by atoms with Gasteiger partial charge in [0.15, 0.2) is 0 Å². The Morgan fingerprint density at radius 1 is 0.800 bits per heavy atom. The molecule has 2 nitrogen and oxygen atoms in total. The molecule has 0 saturated heterocycles. The molecule has 0 amide bonds. The molecule has 2 N–H and O–H groups in total. The maximum absolute atomic E-state index is 5.82. The third-order valence-electron chi connectivity index (χ3n) is 3.95. The molecule has 2 rings (SSSR count). The Bertz CT molecular complexity index is 450. The topological polar surface area (TPSA) is 29.3 Å². The molecule has 0 radical (unpaired) electrons. The second kappa shape index (κ2) is 7.22. The molecule has 0 heterocycles. The van der Waals surface area contributed by atoms with Crippen LogP contribution in [0.4, 0.5) is 0 Å². The van der Waals surface area contributed by atoms with Crippen LogP contribution in [0.1, 0.15) is 37.1 Å². The fourth-order valence-electron chi connectivity index (χ4n) is 2.72. The van der Waals surface area contributed by atoms with E-state index >= 15 is 0 Å². The summed E-state index contributed by atoms with van der Waals surface area (Å²) in [4.78, 5) is 2.46. The fraction of sp³-hybridized carbons (Fsp3) is 0.333. The normalized spacial score (nSPS) is 14.2. The molecule has 0 aliphatic rings. The summed E-state index contributed by atoms with van der Waals surface area (Å²) < 4.78 is 0. The zero-order valence-corrected chi connectivity index (χ0v) is 12.4. The summed E-state index contributed by atoms with van der Waals surface area (Å²) in [5, 5.41) is 0. The van der Waals surface area contributed by atoms with Crippen LogP contribution in [0.25, 0.3) is 0 Å². The van der Waals surface area contributed by atoms with Crippen molar-refractivity contribution in [2.75, 3.05) is 13.1 Å². The molecule has 0 spiro atoms. The Labute approximate surface area is 122 Å². The molecule has 2 unspecified atom stereocenters. The van der Waals surface area contributed by atoms with Gasteiger partial charge in [-0.2, -0.15) is 0 Å². The van der Waals surface area contributed by atoms with Crippen LogP contribution < -0.4 is 5.73 Å². The van der Waals surface area contributed by atoms with E-state index in [-0.39, 0.29) is 0 Å². The van der Waals surface area contributed by atoms with Crippen LogP contribution in [0.3, 0.4) is 0 Å². The summed E-state index contributed by atoms with van der Waals surface area (Å²) >= 11 is 0. The second-order valence-corrected chi connectivity index (χ2v) is 5.20. The highest BCUT2D eigenvalue weighted by Gasteiger charge is 2.21. The summed E-state index contributed by atoms with van der Waals surface area (Å²) in [5.74, 6) is 0. The average molecular weight is 268 g/mol. The van der Waals surface area contributed by atoms with Gasteiger partial charge in [-0.1, -0.05) is 60.7 Å². The lowest BCUT2D eigenvalue weighted by molar-refractivity contribution is 0.159. The number of nitrogens with two attached hydrogens (primary N) is 1. The van der Waals surface area contributed by atoms with Crippen LogP contribution in [0.15, 0.2) is 60.7 Å². The molecule has 2 aromatic carbocycles. The molecule has 0 saturated carbocycles. The van der Waals surface area contributed by atoms with E-state index in [1.165, 1.54) is 11.1 Å². The zero-order valence-electron chi connectivity index (χ0n) is 12.4. The maximum Gasteiger partial charge on any atom is 0.0326 e. The predicted octanol–water partition coefficient (Wildman–Crippen LogP) is 3.77. The Morgan fingerprint density at radius 3 is 1.55 bits per heavy atom. The lowest BCUT2D eigenvalue weighted by Crippen LogP contribution is -2.34. The van der Waals surface area contributed by atoms with Crippen molar-refractivity contribution < 1.29 is 0 Å². The van der Waals surface area contributed by atoms with Crippen LogP contribution in [-0.4, -0.2) is 18.0 Å². The Kier molecular flexibility index (Phi) is 5.33. The average Bonchev–Trinajstić information content (AvgIpc) is 2.53. The van der Waals surface area contributed by atoms with Crippen molar-refractivity contribution in [1.29, 1.82) is 0 Å². The first-order chi connectivity index (χ1) is 9.74. The zero-order chi connectivity index (χ0) is 14.4. The Balaban J connectivity index is 2.22. The minimum absolute atomic E-state index is 0.356. The molecule has 20 heavy (non-hydrogen) atoms. The highest BCUT2D eigenvalue weighted by atomic mass is 15.2. The SMILES string of the molecule is CC(c1ccccc1)N(CCN)C(C)c1ccccc1. The fourth-order valence-corrected chi connectivity index (χ4v) is 2.72. The third kappa shape index (κ3) is 3.47. The Hall–Kier alpha value is -1.64. The highest BCUT2D eigenvalue weighted by Crippen LogP contribution is 2.29. The van der Waals surface area contributed by atoms with Crippen molar-refractivity contribution in [3.63, 3.8) is 0 Å². The van der Waals surface area contributed by atoms with Crippen LogP contribution >= 0.6 is 0 Å². The predicted molar refractivity (Wildman–Crippen MR) is 85.5 cm³/mol. The van der Waals surface area contributed by atoms with E-state index in [4.69, 9.17) is 5.73 Å². The van der Waals surface area contributed by atoms with Gasteiger partial charge < -0.3 is 5.73 Å². The second-order valence-electron chi connectivity index (χ2n) is 5.20. The van der Waals surface area contributed by atoms with Crippen molar-refractivity contribution >= 4 is 0 Å². The summed E-state index contributed by atoms with van der Waals surface area (Å²) in [6.07, 6.45) is 0. The molecule has 0 bridgehead atoms. The molecule has 0 aromatic heterocycles. The molecule has 0 aliphatic carbocycles. The smallest absolute Gasteiger partial charge is 0.0326 e. The minimum Gasteiger partial charge on any atom is -0.329 e. The van der Waals surface area contributed by atoms with Gasteiger partial charge in [0.1, 0.15) is 0 Å². The first-order valence-corrected chi connectivity index (χ1v) is 7.29. The van der Waals surface area contributed by atoms with Gasteiger partial charge in [0.25, 0.3) is 0 Å². The van der Waals surface area contributed by atoms with Gasteiger partial charge in [0, 0.05) is 25.2 Å². The van der Waals surface area contributed by atoms with Gasteiger partial charge in [-0.25, -0.2) is 0 Å². The van der Waals surface area contributed by atoms with Gasteiger partial charge in [-0.15, -0.1) is 0 Å². The van der Waals surface area contributed by atoms with Gasteiger partial charge in [0.05, 0.1) is 0 Å². The van der Waals surface area contributed by atoms with E-state index in [0.29, 0.717) is 18.6 Å². The number of rotatable bonds is 6. The molecule has 0 aliphatic heterocycles. The summed E-state index contributed by atoms with van der Waals surface area (Å²) in [7, 11) is 0. The van der Waals surface area contributed by atoms with Gasteiger partial charge in [0.2, 0.25) is 0 Å². The molecular weight excluding hydrogens is 244 g/mol. The van der Waals surface area contributed by atoms with E-state index in [1.54, 1.807) is 0 Å². The minimum atomic E-state index is 0.356. The first-order valence-electron chi connectivity index (χ1n) is 7.29. The number of nitrogens with zero attached hydrogens (tertiary/aromatic N) is 1. The number of hydrogen-bond donors (Lipinski definition) is 1. The quantitative estimate of drug-likeness (QED) is 0.864. The number of benzene rings is 2. The van der Waals surface area contributed by atoms with E-state index in [2.05, 4.69) is 79.4 Å². The first kappa shape index (κ1) is 14.8.